The topological polar surface area (TPSA) is 119 Å². The molecule has 0 unspecified atom stereocenters. The Morgan fingerprint density at radius 1 is 1.28 bits per heavy atom. The van der Waals surface area contributed by atoms with Gasteiger partial charge in [-0.2, -0.15) is 10.1 Å². The molecular formula is C20H23N5O4. The summed E-state index contributed by atoms with van der Waals surface area (Å²) in [6.45, 7) is 7.50. The van der Waals surface area contributed by atoms with Gasteiger partial charge in [0.05, 0.1) is 17.4 Å². The number of anilines is 1. The molecular weight excluding hydrogens is 374 g/mol. The average molecular weight is 397 g/mol. The molecule has 0 saturated carbocycles. The molecule has 1 aromatic carbocycles. The van der Waals surface area contributed by atoms with Crippen molar-refractivity contribution in [3.05, 3.63) is 47.0 Å². The van der Waals surface area contributed by atoms with Gasteiger partial charge in [0.1, 0.15) is 12.1 Å². The zero-order valence-corrected chi connectivity index (χ0v) is 16.8. The zero-order chi connectivity index (χ0) is 21.1. The quantitative estimate of drug-likeness (QED) is 0.629. The molecule has 9 heteroatoms. The largest absolute Gasteiger partial charge is 0.489 e. The SMILES string of the molecule is Cc1nc2ncnn2c(C)c1CCC(=O)Nc1cc(C(=O)O)ccc1OC(C)C. The Labute approximate surface area is 167 Å². The maximum Gasteiger partial charge on any atom is 0.335 e. The minimum absolute atomic E-state index is 0.0731. The molecule has 1 amide bonds. The summed E-state index contributed by atoms with van der Waals surface area (Å²) < 4.78 is 7.33. The minimum atomic E-state index is -1.07. The lowest BCUT2D eigenvalue weighted by molar-refractivity contribution is -0.116. The summed E-state index contributed by atoms with van der Waals surface area (Å²) in [6.07, 6.45) is 1.98. The number of carboxylic acids is 1. The first-order valence-corrected chi connectivity index (χ1v) is 9.26. The van der Waals surface area contributed by atoms with E-state index >= 15 is 0 Å². The second-order valence-corrected chi connectivity index (χ2v) is 6.96. The van der Waals surface area contributed by atoms with E-state index in [0.29, 0.717) is 23.6 Å². The van der Waals surface area contributed by atoms with Crippen LogP contribution in [-0.2, 0) is 11.2 Å². The van der Waals surface area contributed by atoms with Crippen molar-refractivity contribution < 1.29 is 19.4 Å². The molecule has 0 aliphatic carbocycles. The second kappa shape index (κ2) is 8.26. The van der Waals surface area contributed by atoms with Crippen molar-refractivity contribution >= 4 is 23.3 Å². The van der Waals surface area contributed by atoms with E-state index in [1.165, 1.54) is 18.5 Å². The third-order valence-corrected chi connectivity index (χ3v) is 4.45. The first-order valence-electron chi connectivity index (χ1n) is 9.26. The number of carbonyl (C=O) groups excluding carboxylic acids is 1. The van der Waals surface area contributed by atoms with E-state index < -0.39 is 5.97 Å². The number of aromatic carboxylic acids is 1. The van der Waals surface area contributed by atoms with Crippen LogP contribution < -0.4 is 10.1 Å². The van der Waals surface area contributed by atoms with E-state index in [4.69, 9.17) is 4.74 Å². The number of benzene rings is 1. The van der Waals surface area contributed by atoms with Gasteiger partial charge >= 0.3 is 5.97 Å². The third kappa shape index (κ3) is 4.50. The Balaban J connectivity index is 1.77. The van der Waals surface area contributed by atoms with Crippen LogP contribution in [0.15, 0.2) is 24.5 Å². The highest BCUT2D eigenvalue weighted by molar-refractivity contribution is 5.95. The summed E-state index contributed by atoms with van der Waals surface area (Å²) in [4.78, 5) is 32.3. The zero-order valence-electron chi connectivity index (χ0n) is 16.8. The first kappa shape index (κ1) is 20.2. The van der Waals surface area contributed by atoms with E-state index in [9.17, 15) is 14.7 Å². The Kier molecular flexibility index (Phi) is 5.76. The number of nitrogens with one attached hydrogen (secondary N) is 1. The van der Waals surface area contributed by atoms with Crippen LogP contribution in [0.25, 0.3) is 5.78 Å². The number of carboxylic acid groups (broad SMARTS) is 1. The van der Waals surface area contributed by atoms with Gasteiger partial charge in [-0.3, -0.25) is 4.79 Å². The van der Waals surface area contributed by atoms with Crippen molar-refractivity contribution in [3.8, 4) is 5.75 Å². The van der Waals surface area contributed by atoms with Gasteiger partial charge < -0.3 is 15.2 Å². The van der Waals surface area contributed by atoms with Crippen molar-refractivity contribution in [2.24, 2.45) is 0 Å². The van der Waals surface area contributed by atoms with E-state index in [1.54, 1.807) is 10.6 Å². The van der Waals surface area contributed by atoms with Gasteiger partial charge in [0, 0.05) is 17.8 Å². The molecule has 3 aromatic rings. The van der Waals surface area contributed by atoms with Gasteiger partial charge in [-0.1, -0.05) is 0 Å². The van der Waals surface area contributed by atoms with Crippen molar-refractivity contribution in [3.63, 3.8) is 0 Å². The van der Waals surface area contributed by atoms with E-state index in [0.717, 1.165) is 17.0 Å². The number of aromatic nitrogens is 4. The normalized spacial score (nSPS) is 11.1. The van der Waals surface area contributed by atoms with Crippen molar-refractivity contribution in [1.29, 1.82) is 0 Å². The molecule has 0 atom stereocenters. The summed E-state index contributed by atoms with van der Waals surface area (Å²) in [6, 6.07) is 4.40. The molecule has 29 heavy (non-hydrogen) atoms. The van der Waals surface area contributed by atoms with Crippen molar-refractivity contribution in [2.45, 2.75) is 46.6 Å². The fraction of sp³-hybridized carbons (Fsp3) is 0.350. The van der Waals surface area contributed by atoms with Crippen LogP contribution in [-0.4, -0.2) is 42.7 Å². The van der Waals surface area contributed by atoms with E-state index in [2.05, 4.69) is 20.4 Å². The number of fused-ring (bicyclic) bond motifs is 1. The summed E-state index contributed by atoms with van der Waals surface area (Å²) >= 11 is 0. The highest BCUT2D eigenvalue weighted by atomic mass is 16.5. The van der Waals surface area contributed by atoms with Crippen LogP contribution in [0.1, 0.15) is 47.6 Å². The Morgan fingerprint density at radius 3 is 2.72 bits per heavy atom. The predicted octanol–water partition coefficient (Wildman–Crippen LogP) is 2.80. The predicted molar refractivity (Wildman–Crippen MR) is 106 cm³/mol. The number of carbonyl (C=O) groups is 2. The monoisotopic (exact) mass is 397 g/mol. The smallest absolute Gasteiger partial charge is 0.335 e. The Bertz CT molecular complexity index is 1070. The average Bonchev–Trinajstić information content (AvgIpc) is 3.11. The van der Waals surface area contributed by atoms with Crippen LogP contribution in [0, 0.1) is 13.8 Å². The number of hydrogen-bond acceptors (Lipinski definition) is 6. The maximum absolute atomic E-state index is 12.6. The molecule has 0 aliphatic rings. The molecule has 0 bridgehead atoms. The Hall–Kier alpha value is -3.49. The molecule has 2 N–H and O–H groups in total. The summed E-state index contributed by atoms with van der Waals surface area (Å²) in [7, 11) is 0. The molecule has 9 nitrogen and oxygen atoms in total. The van der Waals surface area contributed by atoms with Crippen molar-refractivity contribution in [2.75, 3.05) is 5.32 Å². The minimum Gasteiger partial charge on any atom is -0.489 e. The summed E-state index contributed by atoms with van der Waals surface area (Å²) in [5.74, 6) is -0.376. The van der Waals surface area contributed by atoms with Crippen molar-refractivity contribution in [1.82, 2.24) is 19.6 Å². The van der Waals surface area contributed by atoms with Gasteiger partial charge in [-0.25, -0.2) is 14.3 Å². The molecule has 0 saturated heterocycles. The standard InChI is InChI=1S/C20H23N5O4/c1-11(2)29-17-7-5-14(19(27)28)9-16(17)24-18(26)8-6-15-12(3)23-20-21-10-22-25(20)13(15)4/h5,7,9-11H,6,8H2,1-4H3,(H,24,26)(H,27,28). The molecule has 0 radical (unpaired) electrons. The fourth-order valence-corrected chi connectivity index (χ4v) is 3.09. The fourth-order valence-electron chi connectivity index (χ4n) is 3.09. The lowest BCUT2D eigenvalue weighted by Crippen LogP contribution is -2.16. The summed E-state index contributed by atoms with van der Waals surface area (Å²) in [5.41, 5.74) is 3.02. The van der Waals surface area contributed by atoms with Gasteiger partial charge in [0.25, 0.3) is 5.78 Å². The number of rotatable bonds is 7. The number of aryl methyl sites for hydroxylation is 2. The molecule has 0 aliphatic heterocycles. The summed E-state index contributed by atoms with van der Waals surface area (Å²) in [5, 5.41) is 16.1. The van der Waals surface area contributed by atoms with Gasteiger partial charge in [0.2, 0.25) is 5.91 Å². The van der Waals surface area contributed by atoms with Gasteiger partial charge in [-0.15, -0.1) is 0 Å². The van der Waals surface area contributed by atoms with Gasteiger partial charge in [0.15, 0.2) is 0 Å². The van der Waals surface area contributed by atoms with E-state index in [-0.39, 0.29) is 24.0 Å². The second-order valence-electron chi connectivity index (χ2n) is 6.96. The molecule has 3 rings (SSSR count). The van der Waals surface area contributed by atoms with Crippen LogP contribution in [0.4, 0.5) is 5.69 Å². The van der Waals surface area contributed by atoms with Gasteiger partial charge in [-0.05, 0) is 57.9 Å². The van der Waals surface area contributed by atoms with Crippen LogP contribution in [0.2, 0.25) is 0 Å². The first-order chi connectivity index (χ1) is 13.8. The molecule has 0 fully saturated rings. The van der Waals surface area contributed by atoms with Crippen LogP contribution in [0.5, 0.6) is 5.75 Å². The highest BCUT2D eigenvalue weighted by Crippen LogP contribution is 2.27. The lowest BCUT2D eigenvalue weighted by Gasteiger charge is -2.16. The van der Waals surface area contributed by atoms with Crippen LogP contribution in [0.3, 0.4) is 0 Å². The molecule has 0 spiro atoms. The molecule has 152 valence electrons. The number of nitrogens with zero attached hydrogens (tertiary/aromatic N) is 4. The Morgan fingerprint density at radius 2 is 2.03 bits per heavy atom. The van der Waals surface area contributed by atoms with E-state index in [1.807, 2.05) is 27.7 Å². The van der Waals surface area contributed by atoms with Crippen LogP contribution >= 0.6 is 0 Å². The third-order valence-electron chi connectivity index (χ3n) is 4.45. The molecule has 2 aromatic heterocycles. The number of amides is 1. The lowest BCUT2D eigenvalue weighted by atomic mass is 10.1. The molecule has 2 heterocycles. The highest BCUT2D eigenvalue weighted by Gasteiger charge is 2.16. The maximum atomic E-state index is 12.6. The number of ether oxygens (including phenoxy) is 1. The number of hydrogen-bond donors (Lipinski definition) is 2.